The topological polar surface area (TPSA) is 18.5 Å². The highest BCUT2D eigenvalue weighted by Crippen LogP contribution is 2.42. The van der Waals surface area contributed by atoms with E-state index in [0.29, 0.717) is 18.9 Å². The van der Waals surface area contributed by atoms with Gasteiger partial charge in [0.2, 0.25) is 5.82 Å². The summed E-state index contributed by atoms with van der Waals surface area (Å²) >= 11 is 0. The minimum Gasteiger partial charge on any atom is -0.429 e. The average molecular weight is 472 g/mol. The maximum Gasteiger partial charge on any atom is 0.429 e. The second-order valence-corrected chi connectivity index (χ2v) is 7.68. The Balaban J connectivity index is 1.83. The Labute approximate surface area is 176 Å². The van der Waals surface area contributed by atoms with Crippen molar-refractivity contribution in [3.8, 4) is 11.5 Å². The van der Waals surface area contributed by atoms with Crippen LogP contribution in [0.4, 0.5) is 39.5 Å². The van der Waals surface area contributed by atoms with Crippen molar-refractivity contribution in [3.05, 3.63) is 58.9 Å². The SMILES string of the molecule is CC1CCC(C(F)(F)Oc2ccc(C(F)(F)Oc3cc(F)c(F)c(F)c3)c(F)c2F)CC1. The number of alkyl halides is 4. The van der Waals surface area contributed by atoms with Crippen LogP contribution in [0.1, 0.15) is 38.2 Å². The third kappa shape index (κ3) is 4.91. The molecule has 1 saturated carbocycles. The Bertz CT molecular complexity index is 962. The van der Waals surface area contributed by atoms with E-state index >= 15 is 0 Å². The molecule has 0 amide bonds. The highest BCUT2D eigenvalue weighted by molar-refractivity contribution is 5.34. The molecule has 1 aliphatic carbocycles. The van der Waals surface area contributed by atoms with Gasteiger partial charge >= 0.3 is 12.2 Å². The minimum atomic E-state index is -4.69. The second kappa shape index (κ2) is 8.74. The molecule has 2 aromatic rings. The van der Waals surface area contributed by atoms with Gasteiger partial charge in [0.1, 0.15) is 11.3 Å². The first-order valence-corrected chi connectivity index (χ1v) is 9.58. The number of hydrogen-bond donors (Lipinski definition) is 0. The third-order valence-electron chi connectivity index (χ3n) is 5.30. The summed E-state index contributed by atoms with van der Waals surface area (Å²) < 4.78 is 134. The molecule has 32 heavy (non-hydrogen) atoms. The van der Waals surface area contributed by atoms with E-state index in [1.54, 1.807) is 0 Å². The molecule has 0 saturated heterocycles. The van der Waals surface area contributed by atoms with Gasteiger partial charge in [-0.1, -0.05) is 19.8 Å². The fourth-order valence-corrected chi connectivity index (χ4v) is 3.46. The van der Waals surface area contributed by atoms with Crippen molar-refractivity contribution in [1.82, 2.24) is 0 Å². The van der Waals surface area contributed by atoms with Gasteiger partial charge in [0.25, 0.3) is 0 Å². The van der Waals surface area contributed by atoms with Crippen LogP contribution in [0.2, 0.25) is 0 Å². The van der Waals surface area contributed by atoms with Crippen LogP contribution < -0.4 is 9.47 Å². The lowest BCUT2D eigenvalue weighted by atomic mass is 9.82. The van der Waals surface area contributed by atoms with Crippen molar-refractivity contribution >= 4 is 0 Å². The molecule has 0 heterocycles. The fraction of sp³-hybridized carbons (Fsp3) is 0.429. The zero-order chi connectivity index (χ0) is 23.8. The average Bonchev–Trinajstić information content (AvgIpc) is 2.69. The number of rotatable bonds is 6. The first-order chi connectivity index (χ1) is 14.8. The van der Waals surface area contributed by atoms with E-state index in [2.05, 4.69) is 9.47 Å². The van der Waals surface area contributed by atoms with Crippen LogP contribution >= 0.6 is 0 Å². The van der Waals surface area contributed by atoms with Crippen LogP contribution in [0.15, 0.2) is 24.3 Å². The largest absolute Gasteiger partial charge is 0.429 e. The minimum absolute atomic E-state index is 0.0731. The molecule has 0 radical (unpaired) electrons. The van der Waals surface area contributed by atoms with E-state index in [1.807, 2.05) is 6.92 Å². The molecule has 0 bridgehead atoms. The lowest BCUT2D eigenvalue weighted by molar-refractivity contribution is -0.224. The number of halogens is 9. The van der Waals surface area contributed by atoms with Gasteiger partial charge in [-0.05, 0) is 30.9 Å². The lowest BCUT2D eigenvalue weighted by Gasteiger charge is -2.32. The van der Waals surface area contributed by atoms with Crippen LogP contribution in [0, 0.1) is 40.9 Å². The molecule has 2 nitrogen and oxygen atoms in total. The molecule has 1 aliphatic rings. The molecule has 0 spiro atoms. The standard InChI is InChI=1S/C21H17F9O2/c1-10-2-4-11(5-3-10)20(27,28)32-16-7-6-13(17(24)19(16)26)21(29,30)31-12-8-14(22)18(25)15(23)9-12/h6-11H,2-5H2,1H3. The van der Waals surface area contributed by atoms with Gasteiger partial charge in [-0.25, -0.2) is 17.6 Å². The molecule has 0 aliphatic heterocycles. The summed E-state index contributed by atoms with van der Waals surface area (Å²) in [5, 5.41) is 0. The van der Waals surface area contributed by atoms with Crippen LogP contribution in [0.25, 0.3) is 0 Å². The maximum atomic E-state index is 14.4. The molecule has 2 aromatic carbocycles. The Morgan fingerprint density at radius 1 is 0.750 bits per heavy atom. The van der Waals surface area contributed by atoms with Crippen LogP contribution in [0.3, 0.4) is 0 Å². The molecule has 3 rings (SSSR count). The van der Waals surface area contributed by atoms with Gasteiger partial charge in [-0.15, -0.1) is 0 Å². The fourth-order valence-electron chi connectivity index (χ4n) is 3.46. The van der Waals surface area contributed by atoms with Crippen molar-refractivity contribution in [1.29, 1.82) is 0 Å². The van der Waals surface area contributed by atoms with Gasteiger partial charge in [0, 0.05) is 12.1 Å². The van der Waals surface area contributed by atoms with Gasteiger partial charge in [0.15, 0.2) is 29.0 Å². The maximum absolute atomic E-state index is 14.4. The van der Waals surface area contributed by atoms with Crippen molar-refractivity contribution in [3.63, 3.8) is 0 Å². The number of ether oxygens (including phenoxy) is 2. The summed E-state index contributed by atoms with van der Waals surface area (Å²) in [4.78, 5) is 0. The van der Waals surface area contributed by atoms with Gasteiger partial charge in [-0.2, -0.15) is 22.0 Å². The molecule has 0 N–H and O–H groups in total. The summed E-state index contributed by atoms with van der Waals surface area (Å²) in [7, 11) is 0. The third-order valence-corrected chi connectivity index (χ3v) is 5.30. The van der Waals surface area contributed by atoms with E-state index in [-0.39, 0.29) is 37.0 Å². The van der Waals surface area contributed by atoms with Crippen molar-refractivity contribution in [2.75, 3.05) is 0 Å². The summed E-state index contributed by atoms with van der Waals surface area (Å²) in [6, 6.07) is 0.756. The lowest BCUT2D eigenvalue weighted by Crippen LogP contribution is -2.37. The van der Waals surface area contributed by atoms with Gasteiger partial charge in [0.05, 0.1) is 5.92 Å². The first kappa shape index (κ1) is 24.1. The summed E-state index contributed by atoms with van der Waals surface area (Å²) in [5.41, 5.74) is -1.75. The van der Waals surface area contributed by atoms with Crippen LogP contribution in [-0.2, 0) is 6.11 Å². The highest BCUT2D eigenvalue weighted by Gasteiger charge is 2.45. The van der Waals surface area contributed by atoms with Crippen LogP contribution in [-0.4, -0.2) is 6.11 Å². The van der Waals surface area contributed by atoms with Crippen molar-refractivity contribution in [2.24, 2.45) is 11.8 Å². The number of benzene rings is 2. The molecular weight excluding hydrogens is 455 g/mol. The van der Waals surface area contributed by atoms with E-state index in [0.717, 1.165) is 0 Å². The van der Waals surface area contributed by atoms with E-state index < -0.39 is 64.3 Å². The Hall–Kier alpha value is -2.59. The van der Waals surface area contributed by atoms with E-state index in [4.69, 9.17) is 0 Å². The Morgan fingerprint density at radius 3 is 1.88 bits per heavy atom. The molecule has 1 fully saturated rings. The number of hydrogen-bond acceptors (Lipinski definition) is 2. The highest BCUT2D eigenvalue weighted by atomic mass is 19.3. The predicted octanol–water partition coefficient (Wildman–Crippen LogP) is 7.31. The quantitative estimate of drug-likeness (QED) is 0.324. The predicted molar refractivity (Wildman–Crippen MR) is 93.9 cm³/mol. The molecule has 176 valence electrons. The first-order valence-electron chi connectivity index (χ1n) is 9.58. The smallest absolute Gasteiger partial charge is 0.429 e. The summed E-state index contributed by atoms with van der Waals surface area (Å²) in [6.07, 6.45) is -7.39. The van der Waals surface area contributed by atoms with Gasteiger partial charge in [-0.3, -0.25) is 0 Å². The Morgan fingerprint density at radius 2 is 1.31 bits per heavy atom. The molecule has 0 aromatic heterocycles. The molecular formula is C21H17F9O2. The second-order valence-electron chi connectivity index (χ2n) is 7.68. The zero-order valence-electron chi connectivity index (χ0n) is 16.5. The van der Waals surface area contributed by atoms with Crippen molar-refractivity contribution in [2.45, 2.75) is 44.8 Å². The van der Waals surface area contributed by atoms with E-state index in [1.165, 1.54) is 0 Å². The molecule has 0 atom stereocenters. The van der Waals surface area contributed by atoms with Crippen LogP contribution in [0.5, 0.6) is 11.5 Å². The van der Waals surface area contributed by atoms with Gasteiger partial charge < -0.3 is 9.47 Å². The van der Waals surface area contributed by atoms with Crippen molar-refractivity contribution < 1.29 is 49.0 Å². The summed E-state index contributed by atoms with van der Waals surface area (Å²) in [6.45, 7) is 1.89. The van der Waals surface area contributed by atoms with E-state index in [9.17, 15) is 39.5 Å². The molecule has 0 unspecified atom stereocenters. The summed E-state index contributed by atoms with van der Waals surface area (Å²) in [5.74, 6) is -13.6. The monoisotopic (exact) mass is 472 g/mol. The zero-order valence-corrected chi connectivity index (χ0v) is 16.5. The molecule has 11 heteroatoms. The Kier molecular flexibility index (Phi) is 6.57. The normalized spacial score (nSPS) is 19.7.